The minimum Gasteiger partial charge on any atom is -0.304 e. The number of benzene rings is 1. The molecule has 0 aromatic heterocycles. The molecule has 1 aromatic carbocycles. The molecule has 1 aromatic rings. The van der Waals surface area contributed by atoms with Crippen molar-refractivity contribution < 1.29 is 0 Å². The zero-order valence-corrected chi connectivity index (χ0v) is 15.4. The predicted molar refractivity (Wildman–Crippen MR) is 97.3 cm³/mol. The van der Waals surface area contributed by atoms with Crippen molar-refractivity contribution in [3.05, 3.63) is 29.8 Å². The Morgan fingerprint density at radius 2 is 1.62 bits per heavy atom. The van der Waals surface area contributed by atoms with E-state index >= 15 is 0 Å². The van der Waals surface area contributed by atoms with E-state index in [1.165, 1.54) is 35.6 Å². The van der Waals surface area contributed by atoms with Gasteiger partial charge >= 0.3 is 0 Å². The molecule has 0 aliphatic heterocycles. The second-order valence-corrected chi connectivity index (χ2v) is 7.64. The maximum Gasteiger partial charge on any atom is 0.00721 e. The third-order valence-electron chi connectivity index (χ3n) is 3.94. The van der Waals surface area contributed by atoms with E-state index in [1.807, 2.05) is 11.8 Å². The van der Waals surface area contributed by atoms with Crippen LogP contribution >= 0.6 is 11.8 Å². The van der Waals surface area contributed by atoms with Gasteiger partial charge in [-0.15, -0.1) is 11.8 Å². The molecule has 0 bridgehead atoms. The van der Waals surface area contributed by atoms with E-state index in [0.29, 0.717) is 0 Å². The summed E-state index contributed by atoms with van der Waals surface area (Å²) < 4.78 is 0. The van der Waals surface area contributed by atoms with Crippen LogP contribution in [-0.2, 0) is 6.42 Å². The Morgan fingerprint density at radius 3 is 2.14 bits per heavy atom. The van der Waals surface area contributed by atoms with Crippen LogP contribution in [0, 0.1) is 11.8 Å². The van der Waals surface area contributed by atoms with Crippen molar-refractivity contribution in [2.45, 2.75) is 52.4 Å². The summed E-state index contributed by atoms with van der Waals surface area (Å²) >= 11 is 1.99. The molecule has 0 radical (unpaired) electrons. The van der Waals surface area contributed by atoms with Crippen LogP contribution in [0.3, 0.4) is 0 Å². The molecule has 2 heteroatoms. The lowest BCUT2D eigenvalue weighted by Gasteiger charge is -2.22. The largest absolute Gasteiger partial charge is 0.304 e. The smallest absolute Gasteiger partial charge is 0.00721 e. The van der Waals surface area contributed by atoms with Crippen molar-refractivity contribution in [3.8, 4) is 0 Å². The van der Waals surface area contributed by atoms with Crippen molar-refractivity contribution in [1.82, 2.24) is 4.90 Å². The first kappa shape index (κ1) is 18.6. The van der Waals surface area contributed by atoms with Gasteiger partial charge in [-0.2, -0.15) is 0 Å². The van der Waals surface area contributed by atoms with Gasteiger partial charge in [0, 0.05) is 11.4 Å². The van der Waals surface area contributed by atoms with Gasteiger partial charge < -0.3 is 4.90 Å². The van der Waals surface area contributed by atoms with Crippen LogP contribution in [0.4, 0.5) is 0 Å². The summed E-state index contributed by atoms with van der Waals surface area (Å²) in [6, 6.07) is 9.22. The Hall–Kier alpha value is -0.470. The molecule has 0 aliphatic rings. The molecule has 0 N–H and O–H groups in total. The Morgan fingerprint density at radius 1 is 1.00 bits per heavy atom. The van der Waals surface area contributed by atoms with Gasteiger partial charge in [-0.1, -0.05) is 46.8 Å². The van der Waals surface area contributed by atoms with Gasteiger partial charge in [-0.3, -0.25) is 0 Å². The second-order valence-electron chi connectivity index (χ2n) is 6.47. The zero-order chi connectivity index (χ0) is 15.7. The second kappa shape index (κ2) is 10.3. The summed E-state index contributed by atoms with van der Waals surface area (Å²) in [6.07, 6.45) is 2.49. The van der Waals surface area contributed by atoms with Gasteiger partial charge in [-0.25, -0.2) is 0 Å². The van der Waals surface area contributed by atoms with E-state index in [9.17, 15) is 0 Å². The zero-order valence-electron chi connectivity index (χ0n) is 14.6. The van der Waals surface area contributed by atoms with Crippen LogP contribution in [-0.4, -0.2) is 30.3 Å². The Labute approximate surface area is 136 Å². The number of thioether (sulfide) groups is 1. The molecule has 1 unspecified atom stereocenters. The maximum atomic E-state index is 2.51. The van der Waals surface area contributed by atoms with Gasteiger partial charge in [0.25, 0.3) is 0 Å². The summed E-state index contributed by atoms with van der Waals surface area (Å²) in [4.78, 5) is 3.93. The van der Waals surface area contributed by atoms with Crippen LogP contribution in [0.1, 0.15) is 46.6 Å². The van der Waals surface area contributed by atoms with Crippen LogP contribution in [0.5, 0.6) is 0 Å². The highest BCUT2D eigenvalue weighted by Gasteiger charge is 2.08. The fraction of sp³-hybridized carbons (Fsp3) is 0.684. The highest BCUT2D eigenvalue weighted by atomic mass is 32.2. The van der Waals surface area contributed by atoms with Crippen LogP contribution < -0.4 is 0 Å². The molecule has 0 aliphatic carbocycles. The summed E-state index contributed by atoms with van der Waals surface area (Å²) in [5, 5.41) is 0. The Kier molecular flexibility index (Phi) is 9.10. The monoisotopic (exact) mass is 307 g/mol. The van der Waals surface area contributed by atoms with Crippen molar-refractivity contribution in [1.29, 1.82) is 0 Å². The lowest BCUT2D eigenvalue weighted by molar-refractivity contribution is 0.260. The standard InChI is InChI=1S/C19H33NS/c1-6-20(7-2)15-17(5)14-18-8-10-19(11-9-18)21-13-12-16(3)4/h8-11,16-17H,6-7,12-15H2,1-5H3. The number of hydrogen-bond acceptors (Lipinski definition) is 2. The minimum absolute atomic E-state index is 0.726. The molecule has 0 amide bonds. The Bertz CT molecular complexity index is 368. The van der Waals surface area contributed by atoms with E-state index in [1.54, 1.807) is 0 Å². The lowest BCUT2D eigenvalue weighted by atomic mass is 10.0. The number of hydrogen-bond donors (Lipinski definition) is 0. The van der Waals surface area contributed by atoms with E-state index in [0.717, 1.165) is 24.9 Å². The molecule has 1 atom stereocenters. The van der Waals surface area contributed by atoms with Crippen LogP contribution in [0.25, 0.3) is 0 Å². The van der Waals surface area contributed by atoms with Gasteiger partial charge in [0.15, 0.2) is 0 Å². The quantitative estimate of drug-likeness (QED) is 0.536. The van der Waals surface area contributed by atoms with Gasteiger partial charge in [0.2, 0.25) is 0 Å². The maximum absolute atomic E-state index is 2.51. The highest BCUT2D eigenvalue weighted by Crippen LogP contribution is 2.21. The minimum atomic E-state index is 0.726. The van der Waals surface area contributed by atoms with Gasteiger partial charge in [-0.05, 0) is 61.2 Å². The Balaban J connectivity index is 2.39. The fourth-order valence-corrected chi connectivity index (χ4v) is 3.68. The molecule has 1 rings (SSSR count). The van der Waals surface area contributed by atoms with Crippen LogP contribution in [0.15, 0.2) is 29.2 Å². The topological polar surface area (TPSA) is 3.24 Å². The van der Waals surface area contributed by atoms with E-state index in [2.05, 4.69) is 63.8 Å². The van der Waals surface area contributed by atoms with Crippen molar-refractivity contribution in [3.63, 3.8) is 0 Å². The predicted octanol–water partition coefficient (Wildman–Crippen LogP) is 5.35. The lowest BCUT2D eigenvalue weighted by Crippen LogP contribution is -2.28. The fourth-order valence-electron chi connectivity index (χ4n) is 2.52. The summed E-state index contributed by atoms with van der Waals surface area (Å²) in [7, 11) is 0. The molecule has 21 heavy (non-hydrogen) atoms. The third kappa shape index (κ3) is 7.92. The molecule has 1 nitrogen and oxygen atoms in total. The first-order valence-corrected chi connectivity index (χ1v) is 9.47. The van der Waals surface area contributed by atoms with Gasteiger partial charge in [0.05, 0.1) is 0 Å². The summed E-state index contributed by atoms with van der Waals surface area (Å²) in [5.41, 5.74) is 1.47. The molecule has 0 spiro atoms. The first-order valence-electron chi connectivity index (χ1n) is 8.49. The summed E-state index contributed by atoms with van der Waals surface area (Å²) in [5.74, 6) is 2.76. The van der Waals surface area contributed by atoms with E-state index in [-0.39, 0.29) is 0 Å². The normalized spacial score (nSPS) is 13.1. The number of nitrogens with zero attached hydrogens (tertiary/aromatic N) is 1. The van der Waals surface area contributed by atoms with E-state index in [4.69, 9.17) is 0 Å². The molecular weight excluding hydrogens is 274 g/mol. The van der Waals surface area contributed by atoms with Crippen LogP contribution in [0.2, 0.25) is 0 Å². The molecule has 0 saturated carbocycles. The van der Waals surface area contributed by atoms with Crippen molar-refractivity contribution >= 4 is 11.8 Å². The average Bonchev–Trinajstić information content (AvgIpc) is 2.46. The van der Waals surface area contributed by atoms with Gasteiger partial charge in [0.1, 0.15) is 0 Å². The SMILES string of the molecule is CCN(CC)CC(C)Cc1ccc(SCCC(C)C)cc1. The first-order chi connectivity index (χ1) is 10.0. The average molecular weight is 308 g/mol. The molecule has 0 heterocycles. The molecule has 0 fully saturated rings. The third-order valence-corrected chi connectivity index (χ3v) is 4.98. The molecule has 120 valence electrons. The van der Waals surface area contributed by atoms with E-state index < -0.39 is 0 Å². The molecule has 0 saturated heterocycles. The highest BCUT2D eigenvalue weighted by molar-refractivity contribution is 7.99. The van der Waals surface area contributed by atoms with Crippen molar-refractivity contribution in [2.75, 3.05) is 25.4 Å². The molecular formula is C19H33NS. The summed E-state index contributed by atoms with van der Waals surface area (Å²) in [6.45, 7) is 15.0. The van der Waals surface area contributed by atoms with Crippen molar-refractivity contribution in [2.24, 2.45) is 11.8 Å². The number of rotatable bonds is 10.